The fourth-order valence-corrected chi connectivity index (χ4v) is 2.13. The molecule has 2 rings (SSSR count). The topological polar surface area (TPSA) is 21.3 Å². The zero-order valence-corrected chi connectivity index (χ0v) is 9.66. The predicted molar refractivity (Wildman–Crippen MR) is 62.8 cm³/mol. The second kappa shape index (κ2) is 5.96. The summed E-state index contributed by atoms with van der Waals surface area (Å²) < 4.78 is 29.6. The van der Waals surface area contributed by atoms with Crippen LogP contribution in [0.1, 0.15) is 24.3 Å². The summed E-state index contributed by atoms with van der Waals surface area (Å²) in [5, 5.41) is 3.30. The fraction of sp³-hybridized carbons (Fsp3) is 0.538. The number of ether oxygens (including phenoxy) is 1. The van der Waals surface area contributed by atoms with Gasteiger partial charge in [-0.25, -0.2) is 8.78 Å². The number of halogens is 2. The van der Waals surface area contributed by atoms with Crippen molar-refractivity contribution in [3.05, 3.63) is 29.8 Å². The molecule has 1 fully saturated rings. The summed E-state index contributed by atoms with van der Waals surface area (Å²) in [7, 11) is 0. The highest BCUT2D eigenvalue weighted by Gasteiger charge is 2.19. The van der Waals surface area contributed by atoms with Crippen molar-refractivity contribution in [1.29, 1.82) is 0 Å². The molecule has 1 saturated heterocycles. The van der Waals surface area contributed by atoms with Gasteiger partial charge in [-0.05, 0) is 24.6 Å². The summed E-state index contributed by atoms with van der Waals surface area (Å²) >= 11 is 0. The maximum Gasteiger partial charge on any atom is 0.241 e. The average Bonchev–Trinajstić information content (AvgIpc) is 2.82. The first-order valence-electron chi connectivity index (χ1n) is 5.98. The molecule has 2 nitrogen and oxygen atoms in total. The Morgan fingerprint density at radius 2 is 2.18 bits per heavy atom. The van der Waals surface area contributed by atoms with E-state index in [9.17, 15) is 8.78 Å². The molecule has 94 valence electrons. The molecule has 1 aliphatic rings. The zero-order valence-electron chi connectivity index (χ0n) is 9.66. The summed E-state index contributed by atoms with van der Waals surface area (Å²) in [6, 6.07) is 7.73. The fourth-order valence-electron chi connectivity index (χ4n) is 2.13. The summed E-state index contributed by atoms with van der Waals surface area (Å²) in [6.07, 6.45) is -1.43. The van der Waals surface area contributed by atoms with Crippen LogP contribution in [0.3, 0.4) is 0 Å². The second-order valence-corrected chi connectivity index (χ2v) is 4.26. The normalized spacial score (nSPS) is 19.8. The van der Waals surface area contributed by atoms with Gasteiger partial charge in [0.05, 0.1) is 6.61 Å². The van der Waals surface area contributed by atoms with Crippen LogP contribution in [0.2, 0.25) is 0 Å². The van der Waals surface area contributed by atoms with Gasteiger partial charge in [0.15, 0.2) is 0 Å². The number of hydrogen-bond donors (Lipinski definition) is 1. The molecule has 1 atom stereocenters. The molecule has 0 bridgehead atoms. The largest absolute Gasteiger partial charge is 0.493 e. The molecule has 1 aliphatic heterocycles. The molecular weight excluding hydrogens is 224 g/mol. The van der Waals surface area contributed by atoms with Gasteiger partial charge >= 0.3 is 0 Å². The van der Waals surface area contributed by atoms with E-state index in [1.54, 1.807) is 0 Å². The van der Waals surface area contributed by atoms with Gasteiger partial charge in [-0.3, -0.25) is 0 Å². The minimum atomic E-state index is -2.30. The highest BCUT2D eigenvalue weighted by atomic mass is 19.3. The number of rotatable bonds is 5. The van der Waals surface area contributed by atoms with E-state index in [1.807, 2.05) is 24.3 Å². The summed E-state index contributed by atoms with van der Waals surface area (Å²) in [5.74, 6) is 1.19. The van der Waals surface area contributed by atoms with Gasteiger partial charge in [-0.2, -0.15) is 0 Å². The molecule has 0 aliphatic carbocycles. The molecule has 1 heterocycles. The SMILES string of the molecule is FC(F)CCOc1ccccc1C1CCNC1. The molecule has 1 N–H and O–H groups in total. The highest BCUT2D eigenvalue weighted by Crippen LogP contribution is 2.30. The third-order valence-electron chi connectivity index (χ3n) is 3.01. The van der Waals surface area contributed by atoms with Gasteiger partial charge in [0.2, 0.25) is 6.43 Å². The third-order valence-corrected chi connectivity index (χ3v) is 3.01. The average molecular weight is 241 g/mol. The molecule has 1 aromatic carbocycles. The van der Waals surface area contributed by atoms with Crippen LogP contribution in [-0.4, -0.2) is 26.1 Å². The number of alkyl halides is 2. The van der Waals surface area contributed by atoms with Crippen LogP contribution in [0, 0.1) is 0 Å². The molecular formula is C13H17F2NO. The van der Waals surface area contributed by atoms with E-state index in [0.717, 1.165) is 30.8 Å². The number of para-hydroxylation sites is 1. The van der Waals surface area contributed by atoms with Crippen molar-refractivity contribution in [2.75, 3.05) is 19.7 Å². The Hall–Kier alpha value is -1.16. The van der Waals surface area contributed by atoms with Crippen LogP contribution >= 0.6 is 0 Å². The molecule has 17 heavy (non-hydrogen) atoms. The van der Waals surface area contributed by atoms with Crippen LogP contribution < -0.4 is 10.1 Å². The summed E-state index contributed by atoms with van der Waals surface area (Å²) in [6.45, 7) is 2.03. The third kappa shape index (κ3) is 3.40. The van der Waals surface area contributed by atoms with E-state index < -0.39 is 6.43 Å². The van der Waals surface area contributed by atoms with Crippen molar-refractivity contribution in [1.82, 2.24) is 5.32 Å². The first kappa shape index (κ1) is 12.3. The second-order valence-electron chi connectivity index (χ2n) is 4.26. The highest BCUT2D eigenvalue weighted by molar-refractivity contribution is 5.37. The van der Waals surface area contributed by atoms with Crippen LogP contribution in [0.4, 0.5) is 8.78 Å². The molecule has 0 radical (unpaired) electrons. The Balaban J connectivity index is 2.00. The van der Waals surface area contributed by atoms with E-state index in [-0.39, 0.29) is 13.0 Å². The lowest BCUT2D eigenvalue weighted by Crippen LogP contribution is -2.10. The smallest absolute Gasteiger partial charge is 0.241 e. The van der Waals surface area contributed by atoms with Crippen molar-refractivity contribution >= 4 is 0 Å². The van der Waals surface area contributed by atoms with Crippen LogP contribution in [-0.2, 0) is 0 Å². The van der Waals surface area contributed by atoms with Gasteiger partial charge < -0.3 is 10.1 Å². The molecule has 1 aromatic rings. The minimum absolute atomic E-state index is 0.0782. The number of hydrogen-bond acceptors (Lipinski definition) is 2. The van der Waals surface area contributed by atoms with Gasteiger partial charge in [-0.15, -0.1) is 0 Å². The Labute approximate surface area is 100.0 Å². The standard InChI is InChI=1S/C13H17F2NO/c14-13(15)6-8-17-12-4-2-1-3-11(12)10-5-7-16-9-10/h1-4,10,13,16H,5-9H2. The van der Waals surface area contributed by atoms with E-state index in [2.05, 4.69) is 5.32 Å². The van der Waals surface area contributed by atoms with Gasteiger partial charge in [0.1, 0.15) is 5.75 Å². The van der Waals surface area contributed by atoms with Crippen LogP contribution in [0.25, 0.3) is 0 Å². The maximum atomic E-state index is 12.0. The lowest BCUT2D eigenvalue weighted by Gasteiger charge is -2.15. The Kier molecular flexibility index (Phi) is 4.31. The molecule has 0 spiro atoms. The van der Waals surface area contributed by atoms with Crippen LogP contribution in [0.5, 0.6) is 5.75 Å². The minimum Gasteiger partial charge on any atom is -0.493 e. The van der Waals surface area contributed by atoms with Crippen molar-refractivity contribution in [2.24, 2.45) is 0 Å². The quantitative estimate of drug-likeness (QED) is 0.856. The van der Waals surface area contributed by atoms with Gasteiger partial charge in [-0.1, -0.05) is 18.2 Å². The number of benzene rings is 1. The molecule has 4 heteroatoms. The van der Waals surface area contributed by atoms with E-state index >= 15 is 0 Å². The van der Waals surface area contributed by atoms with Crippen molar-refractivity contribution < 1.29 is 13.5 Å². The molecule has 0 aromatic heterocycles. The van der Waals surface area contributed by atoms with E-state index in [0.29, 0.717) is 5.92 Å². The molecule has 1 unspecified atom stereocenters. The van der Waals surface area contributed by atoms with Crippen molar-refractivity contribution in [3.63, 3.8) is 0 Å². The summed E-state index contributed by atoms with van der Waals surface area (Å²) in [5.41, 5.74) is 1.13. The zero-order chi connectivity index (χ0) is 12.1. The van der Waals surface area contributed by atoms with Crippen molar-refractivity contribution in [3.8, 4) is 5.75 Å². The van der Waals surface area contributed by atoms with E-state index in [4.69, 9.17) is 4.74 Å². The first-order valence-corrected chi connectivity index (χ1v) is 5.98. The Bertz CT molecular complexity index is 351. The van der Waals surface area contributed by atoms with Crippen molar-refractivity contribution in [2.45, 2.75) is 25.2 Å². The molecule has 0 saturated carbocycles. The lowest BCUT2D eigenvalue weighted by atomic mass is 9.97. The van der Waals surface area contributed by atoms with Gasteiger partial charge in [0, 0.05) is 18.9 Å². The lowest BCUT2D eigenvalue weighted by molar-refractivity contribution is 0.114. The van der Waals surface area contributed by atoms with E-state index in [1.165, 1.54) is 0 Å². The number of nitrogens with one attached hydrogen (secondary N) is 1. The monoisotopic (exact) mass is 241 g/mol. The maximum absolute atomic E-state index is 12.0. The Morgan fingerprint density at radius 3 is 2.88 bits per heavy atom. The predicted octanol–water partition coefficient (Wildman–Crippen LogP) is 2.80. The summed E-state index contributed by atoms with van der Waals surface area (Å²) in [4.78, 5) is 0. The first-order chi connectivity index (χ1) is 8.27. The molecule has 0 amide bonds. The van der Waals surface area contributed by atoms with Gasteiger partial charge in [0.25, 0.3) is 0 Å². The Morgan fingerprint density at radius 1 is 1.35 bits per heavy atom. The van der Waals surface area contributed by atoms with Crippen LogP contribution in [0.15, 0.2) is 24.3 Å².